The van der Waals surface area contributed by atoms with Crippen LogP contribution in [0.1, 0.15) is 12.0 Å². The van der Waals surface area contributed by atoms with Gasteiger partial charge in [-0.15, -0.1) is 6.42 Å². The van der Waals surface area contributed by atoms with Crippen LogP contribution in [0.4, 0.5) is 11.6 Å². The van der Waals surface area contributed by atoms with E-state index in [0.29, 0.717) is 24.7 Å². The molecule has 1 saturated heterocycles. The van der Waals surface area contributed by atoms with E-state index in [4.69, 9.17) is 11.2 Å². The predicted molar refractivity (Wildman–Crippen MR) is 134 cm³/mol. The summed E-state index contributed by atoms with van der Waals surface area (Å²) in [5.41, 5.74) is 4.24. The number of terminal acetylenes is 1. The highest BCUT2D eigenvalue weighted by Crippen LogP contribution is 2.31. The van der Waals surface area contributed by atoms with Gasteiger partial charge in [0.2, 0.25) is 11.9 Å². The number of nitrogens with zero attached hydrogens (tertiary/aromatic N) is 4. The lowest BCUT2D eigenvalue weighted by Crippen LogP contribution is -2.38. The molecule has 0 unspecified atom stereocenters. The fourth-order valence-corrected chi connectivity index (χ4v) is 4.15. The number of carbonyl (C=O) groups is 1. The molecule has 2 atom stereocenters. The lowest BCUT2D eigenvalue weighted by Gasteiger charge is -2.16. The van der Waals surface area contributed by atoms with Gasteiger partial charge in [-0.3, -0.25) is 9.48 Å². The second-order valence-electron chi connectivity index (χ2n) is 8.44. The first-order chi connectivity index (χ1) is 17.0. The molecule has 0 spiro atoms. The Morgan fingerprint density at radius 3 is 2.89 bits per heavy atom. The van der Waals surface area contributed by atoms with Gasteiger partial charge in [0.25, 0.3) is 0 Å². The normalized spacial score (nSPS) is 17.2. The van der Waals surface area contributed by atoms with Crippen molar-refractivity contribution in [1.82, 2.24) is 30.4 Å². The SMILES string of the molecule is C#Cc1ccc2nc(Nc3cc(O[C@H]4CN[C@H](C(=O)NC)C4)cc(-c4cnn(C)c4)c3)ncc2c1. The summed E-state index contributed by atoms with van der Waals surface area (Å²) in [5, 5.41) is 14.3. The Bertz CT molecular complexity index is 1440. The van der Waals surface area contributed by atoms with Crippen molar-refractivity contribution >= 4 is 28.4 Å². The number of amides is 1. The van der Waals surface area contributed by atoms with Gasteiger partial charge in [-0.1, -0.05) is 5.92 Å². The number of fused-ring (bicyclic) bond motifs is 1. The van der Waals surface area contributed by atoms with Crippen molar-refractivity contribution in [3.63, 3.8) is 0 Å². The minimum atomic E-state index is -0.259. The number of anilines is 2. The van der Waals surface area contributed by atoms with Gasteiger partial charge in [-0.05, 0) is 35.9 Å². The van der Waals surface area contributed by atoms with Crippen molar-refractivity contribution in [1.29, 1.82) is 0 Å². The van der Waals surface area contributed by atoms with Crippen molar-refractivity contribution in [3.05, 3.63) is 60.6 Å². The van der Waals surface area contributed by atoms with E-state index >= 15 is 0 Å². The number of likely N-dealkylation sites (N-methyl/N-ethyl adjacent to an activating group) is 1. The Balaban J connectivity index is 1.43. The summed E-state index contributed by atoms with van der Waals surface area (Å²) in [6, 6.07) is 11.2. The second-order valence-corrected chi connectivity index (χ2v) is 8.44. The molecule has 3 N–H and O–H groups in total. The summed E-state index contributed by atoms with van der Waals surface area (Å²) >= 11 is 0. The molecule has 1 amide bonds. The van der Waals surface area contributed by atoms with Crippen molar-refractivity contribution in [3.8, 4) is 29.2 Å². The highest BCUT2D eigenvalue weighted by molar-refractivity contribution is 5.82. The third-order valence-corrected chi connectivity index (χ3v) is 5.90. The Labute approximate surface area is 202 Å². The summed E-state index contributed by atoms with van der Waals surface area (Å²) < 4.78 is 8.03. The molecule has 1 fully saturated rings. The maximum Gasteiger partial charge on any atom is 0.237 e. The quantitative estimate of drug-likeness (QED) is 0.374. The van der Waals surface area contributed by atoms with Crippen molar-refractivity contribution in [2.75, 3.05) is 18.9 Å². The molecule has 3 heterocycles. The fraction of sp³-hybridized carbons (Fsp3) is 0.231. The minimum Gasteiger partial charge on any atom is -0.489 e. The predicted octanol–water partition coefficient (Wildman–Crippen LogP) is 2.61. The van der Waals surface area contributed by atoms with Crippen molar-refractivity contribution in [2.45, 2.75) is 18.6 Å². The van der Waals surface area contributed by atoms with Crippen LogP contribution in [0.25, 0.3) is 22.0 Å². The van der Waals surface area contributed by atoms with Gasteiger partial charge in [0.05, 0.1) is 17.8 Å². The molecule has 0 aliphatic carbocycles. The van der Waals surface area contributed by atoms with Crippen LogP contribution in [0.3, 0.4) is 0 Å². The molecule has 0 saturated carbocycles. The van der Waals surface area contributed by atoms with Crippen LogP contribution in [-0.4, -0.2) is 51.4 Å². The molecule has 2 aromatic carbocycles. The number of rotatable bonds is 6. The number of aromatic nitrogens is 4. The number of hydrogen-bond donors (Lipinski definition) is 3. The highest BCUT2D eigenvalue weighted by atomic mass is 16.5. The largest absolute Gasteiger partial charge is 0.489 e. The summed E-state index contributed by atoms with van der Waals surface area (Å²) in [7, 11) is 3.51. The van der Waals surface area contributed by atoms with Gasteiger partial charge in [-0.2, -0.15) is 5.10 Å². The zero-order valence-corrected chi connectivity index (χ0v) is 19.4. The first-order valence-corrected chi connectivity index (χ1v) is 11.3. The van der Waals surface area contributed by atoms with Crippen LogP contribution in [-0.2, 0) is 11.8 Å². The van der Waals surface area contributed by atoms with Gasteiger partial charge >= 0.3 is 0 Å². The molecule has 1 aliphatic heterocycles. The van der Waals surface area contributed by atoms with Crippen LogP contribution in [0.15, 0.2) is 55.0 Å². The van der Waals surface area contributed by atoms with Crippen LogP contribution in [0, 0.1) is 12.3 Å². The van der Waals surface area contributed by atoms with E-state index in [1.165, 1.54) is 0 Å². The number of aryl methyl sites for hydroxylation is 1. The molecule has 176 valence electrons. The number of ether oxygens (including phenoxy) is 1. The summed E-state index contributed by atoms with van der Waals surface area (Å²) in [4.78, 5) is 21.0. The zero-order chi connectivity index (χ0) is 24.4. The fourth-order valence-electron chi connectivity index (χ4n) is 4.15. The topological polar surface area (TPSA) is 106 Å². The highest BCUT2D eigenvalue weighted by Gasteiger charge is 2.30. The molecule has 4 aromatic rings. The molecule has 2 aromatic heterocycles. The summed E-state index contributed by atoms with van der Waals surface area (Å²) in [6.45, 7) is 0.589. The third kappa shape index (κ3) is 4.93. The lowest BCUT2D eigenvalue weighted by atomic mass is 10.1. The van der Waals surface area contributed by atoms with Gasteiger partial charge in [0.15, 0.2) is 0 Å². The van der Waals surface area contributed by atoms with Crippen LogP contribution >= 0.6 is 0 Å². The molecular weight excluding hydrogens is 442 g/mol. The lowest BCUT2D eigenvalue weighted by molar-refractivity contribution is -0.122. The molecule has 35 heavy (non-hydrogen) atoms. The van der Waals surface area contributed by atoms with Crippen LogP contribution in [0.5, 0.6) is 5.75 Å². The van der Waals surface area contributed by atoms with E-state index in [0.717, 1.165) is 33.3 Å². The van der Waals surface area contributed by atoms with Gasteiger partial charge in [0, 0.05) is 67.7 Å². The average molecular weight is 468 g/mol. The molecule has 0 bridgehead atoms. The molecule has 5 rings (SSSR count). The molecular formula is C26H25N7O2. The van der Waals surface area contributed by atoms with Crippen LogP contribution in [0.2, 0.25) is 0 Å². The van der Waals surface area contributed by atoms with E-state index < -0.39 is 0 Å². The minimum absolute atomic E-state index is 0.0367. The maximum atomic E-state index is 12.0. The molecule has 9 nitrogen and oxygen atoms in total. The van der Waals surface area contributed by atoms with E-state index in [1.807, 2.05) is 49.6 Å². The number of hydrogen-bond acceptors (Lipinski definition) is 7. The Kier molecular flexibility index (Phi) is 6.04. The number of benzene rings is 2. The Morgan fingerprint density at radius 2 is 2.11 bits per heavy atom. The summed E-state index contributed by atoms with van der Waals surface area (Å²) in [5.74, 6) is 3.73. The van der Waals surface area contributed by atoms with E-state index in [1.54, 1.807) is 24.1 Å². The van der Waals surface area contributed by atoms with E-state index in [2.05, 4.69) is 36.9 Å². The zero-order valence-electron chi connectivity index (χ0n) is 19.4. The van der Waals surface area contributed by atoms with E-state index in [-0.39, 0.29) is 18.1 Å². The third-order valence-electron chi connectivity index (χ3n) is 5.90. The number of nitrogens with one attached hydrogen (secondary N) is 3. The Morgan fingerprint density at radius 1 is 1.23 bits per heavy atom. The number of carbonyl (C=O) groups excluding carboxylic acids is 1. The smallest absolute Gasteiger partial charge is 0.237 e. The molecule has 0 radical (unpaired) electrons. The van der Waals surface area contributed by atoms with Gasteiger partial charge < -0.3 is 20.7 Å². The van der Waals surface area contributed by atoms with Gasteiger partial charge in [-0.25, -0.2) is 9.97 Å². The first-order valence-electron chi connectivity index (χ1n) is 11.3. The standard InChI is InChI=1S/C26H25N7O2/c1-4-16-5-6-23-18(7-16)12-29-26(32-23)31-20-8-17(19-13-30-33(3)15-19)9-21(10-20)35-22-11-24(28-14-22)25(34)27-2/h1,5-10,12-13,15,22,24,28H,11,14H2,2-3H3,(H,27,34)(H,29,31,32)/t22-,24+/m1/s1. The monoisotopic (exact) mass is 467 g/mol. The van der Waals surface area contributed by atoms with Crippen molar-refractivity contribution in [2.24, 2.45) is 7.05 Å². The molecule has 9 heteroatoms. The van der Waals surface area contributed by atoms with Crippen LogP contribution < -0.4 is 20.7 Å². The van der Waals surface area contributed by atoms with Gasteiger partial charge in [0.1, 0.15) is 11.9 Å². The average Bonchev–Trinajstić information content (AvgIpc) is 3.52. The molecule has 1 aliphatic rings. The maximum absolute atomic E-state index is 12.0. The second kappa shape index (κ2) is 9.44. The first kappa shape index (κ1) is 22.4. The summed E-state index contributed by atoms with van der Waals surface area (Å²) in [6.07, 6.45) is 11.4. The Hall–Kier alpha value is -4.42. The van der Waals surface area contributed by atoms with Crippen molar-refractivity contribution < 1.29 is 9.53 Å². The van der Waals surface area contributed by atoms with E-state index in [9.17, 15) is 4.79 Å².